The van der Waals surface area contributed by atoms with Gasteiger partial charge in [0, 0.05) is 23.2 Å². The van der Waals surface area contributed by atoms with E-state index in [0.29, 0.717) is 24.0 Å². The van der Waals surface area contributed by atoms with E-state index in [1.807, 2.05) is 13.8 Å². The van der Waals surface area contributed by atoms with Crippen LogP contribution in [0.2, 0.25) is 0 Å². The van der Waals surface area contributed by atoms with E-state index in [-0.39, 0.29) is 38.8 Å². The second-order valence-electron chi connectivity index (χ2n) is 7.61. The Kier molecular flexibility index (Phi) is 6.20. The first-order chi connectivity index (χ1) is 14.0. The number of benzene rings is 2. The molecule has 0 bridgehead atoms. The lowest BCUT2D eigenvalue weighted by molar-refractivity contribution is 0.104. The quantitative estimate of drug-likeness (QED) is 0.548. The third kappa shape index (κ3) is 4.20. The van der Waals surface area contributed by atoms with Crippen LogP contribution in [0.1, 0.15) is 56.5 Å². The first-order valence-electron chi connectivity index (χ1n) is 9.88. The Labute approximate surface area is 178 Å². The molecule has 0 aromatic heterocycles. The zero-order valence-corrected chi connectivity index (χ0v) is 19.0. The Morgan fingerprint density at radius 2 is 1.07 bits per heavy atom. The van der Waals surface area contributed by atoms with Crippen LogP contribution in [-0.4, -0.2) is 34.7 Å². The van der Waals surface area contributed by atoms with Crippen molar-refractivity contribution in [3.8, 4) is 11.1 Å². The van der Waals surface area contributed by atoms with Gasteiger partial charge in [0.25, 0.3) is 0 Å². The van der Waals surface area contributed by atoms with Crippen LogP contribution in [0.4, 0.5) is 0 Å². The lowest BCUT2D eigenvalue weighted by Crippen LogP contribution is -2.32. The number of hydrogen-bond acceptors (Lipinski definition) is 5. The smallest absolute Gasteiger partial charge is 0.240 e. The molecule has 1 aliphatic carbocycles. The molecule has 9 heteroatoms. The van der Waals surface area contributed by atoms with E-state index in [4.69, 9.17) is 0 Å². The van der Waals surface area contributed by atoms with E-state index in [9.17, 15) is 21.6 Å². The fraction of sp³-hybridized carbons (Fsp3) is 0.381. The highest BCUT2D eigenvalue weighted by Crippen LogP contribution is 2.38. The topological polar surface area (TPSA) is 109 Å². The van der Waals surface area contributed by atoms with Crippen LogP contribution in [-0.2, 0) is 20.0 Å². The van der Waals surface area contributed by atoms with Crippen molar-refractivity contribution < 1.29 is 21.6 Å². The molecule has 0 heterocycles. The van der Waals surface area contributed by atoms with Crippen molar-refractivity contribution >= 4 is 25.8 Å². The molecule has 2 atom stereocenters. The van der Waals surface area contributed by atoms with E-state index < -0.39 is 20.0 Å². The molecular weight excluding hydrogens is 424 g/mol. The summed E-state index contributed by atoms with van der Waals surface area (Å²) in [6.45, 7) is 7.28. The van der Waals surface area contributed by atoms with Crippen LogP contribution < -0.4 is 9.44 Å². The van der Waals surface area contributed by atoms with Gasteiger partial charge in [0.15, 0.2) is 5.78 Å². The van der Waals surface area contributed by atoms with Gasteiger partial charge >= 0.3 is 0 Å². The van der Waals surface area contributed by atoms with Gasteiger partial charge in [0.2, 0.25) is 20.0 Å². The van der Waals surface area contributed by atoms with Crippen LogP contribution in [0.3, 0.4) is 0 Å². The van der Waals surface area contributed by atoms with Crippen molar-refractivity contribution in [2.75, 3.05) is 0 Å². The molecule has 2 aromatic rings. The lowest BCUT2D eigenvalue weighted by atomic mass is 10.1. The molecular formula is C21H26N2O5S2. The molecule has 2 aromatic carbocycles. The summed E-state index contributed by atoms with van der Waals surface area (Å²) in [5.41, 5.74) is 1.69. The number of ketones is 1. The second-order valence-corrected chi connectivity index (χ2v) is 11.0. The van der Waals surface area contributed by atoms with Gasteiger partial charge < -0.3 is 0 Å². The summed E-state index contributed by atoms with van der Waals surface area (Å²) in [6, 6.07) is 8.35. The molecule has 0 aliphatic heterocycles. The molecule has 2 N–H and O–H groups in total. The minimum Gasteiger partial charge on any atom is -0.289 e. The maximum atomic E-state index is 13.0. The second kappa shape index (κ2) is 8.22. The van der Waals surface area contributed by atoms with Crippen molar-refractivity contribution in [2.45, 2.75) is 62.4 Å². The summed E-state index contributed by atoms with van der Waals surface area (Å²) in [5.74, 6) is -0.388. The van der Waals surface area contributed by atoms with Gasteiger partial charge in [-0.25, -0.2) is 26.3 Å². The fourth-order valence-corrected chi connectivity index (χ4v) is 5.91. The molecule has 0 fully saturated rings. The molecule has 3 rings (SSSR count). The van der Waals surface area contributed by atoms with Crippen LogP contribution in [0.25, 0.3) is 11.1 Å². The first-order valence-corrected chi connectivity index (χ1v) is 12.8. The van der Waals surface area contributed by atoms with Crippen molar-refractivity contribution in [3.05, 3.63) is 47.5 Å². The molecule has 0 spiro atoms. The molecule has 162 valence electrons. The summed E-state index contributed by atoms with van der Waals surface area (Å²) in [7, 11) is -7.52. The van der Waals surface area contributed by atoms with E-state index in [2.05, 4.69) is 9.44 Å². The van der Waals surface area contributed by atoms with Crippen molar-refractivity contribution in [1.82, 2.24) is 9.44 Å². The van der Waals surface area contributed by atoms with Gasteiger partial charge in [-0.15, -0.1) is 0 Å². The average molecular weight is 451 g/mol. The SMILES string of the molecule is CC[C@@H](C)NS(=O)(=O)c1ccc2c(c1)C(=O)c1cc(S(=O)(=O)N[C@H](C)CC)ccc1-2. The number of sulfonamides is 2. The predicted molar refractivity (Wildman–Crippen MR) is 115 cm³/mol. The van der Waals surface area contributed by atoms with Gasteiger partial charge in [-0.1, -0.05) is 26.0 Å². The molecule has 0 saturated carbocycles. The number of carbonyl (C=O) groups is 1. The highest BCUT2D eigenvalue weighted by molar-refractivity contribution is 7.89. The van der Waals surface area contributed by atoms with Gasteiger partial charge in [0.05, 0.1) is 9.79 Å². The zero-order chi connectivity index (χ0) is 22.3. The van der Waals surface area contributed by atoms with Gasteiger partial charge in [-0.05, 0) is 62.1 Å². The standard InChI is InChI=1S/C21H26N2O5S2/c1-5-13(3)22-29(25,26)15-7-9-17-18-10-8-16(30(27,28)23-14(4)6-2)12-20(18)21(24)19(17)11-15/h7-14,22-23H,5-6H2,1-4H3/t13-,14-/m1/s1. The lowest BCUT2D eigenvalue weighted by Gasteiger charge is -2.13. The highest BCUT2D eigenvalue weighted by atomic mass is 32.2. The largest absolute Gasteiger partial charge is 0.289 e. The summed E-state index contributed by atoms with van der Waals surface area (Å²) < 4.78 is 55.5. The van der Waals surface area contributed by atoms with Crippen molar-refractivity contribution in [2.24, 2.45) is 0 Å². The maximum absolute atomic E-state index is 13.0. The molecule has 1 aliphatic rings. The van der Waals surface area contributed by atoms with Gasteiger partial charge in [0.1, 0.15) is 0 Å². The van der Waals surface area contributed by atoms with E-state index in [0.717, 1.165) is 0 Å². The van der Waals surface area contributed by atoms with Gasteiger partial charge in [-0.2, -0.15) is 0 Å². The summed E-state index contributed by atoms with van der Waals surface area (Å²) in [4.78, 5) is 13.0. The normalized spacial score (nSPS) is 15.5. The molecule has 30 heavy (non-hydrogen) atoms. The Hall–Kier alpha value is -2.07. The summed E-state index contributed by atoms with van der Waals surface area (Å²) >= 11 is 0. The predicted octanol–water partition coefficient (Wildman–Crippen LogP) is 3.05. The number of hydrogen-bond donors (Lipinski definition) is 2. The minimum absolute atomic E-state index is 0.00832. The number of carbonyl (C=O) groups excluding carboxylic acids is 1. The number of nitrogens with one attached hydrogen (secondary N) is 2. The van der Waals surface area contributed by atoms with Crippen molar-refractivity contribution in [3.63, 3.8) is 0 Å². The summed E-state index contributed by atoms with van der Waals surface area (Å²) in [6.07, 6.45) is 1.27. The Morgan fingerprint density at radius 1 is 0.700 bits per heavy atom. The van der Waals surface area contributed by atoms with E-state index >= 15 is 0 Å². The first kappa shape index (κ1) is 22.6. The molecule has 0 radical (unpaired) electrons. The molecule has 0 saturated heterocycles. The van der Waals surface area contributed by atoms with Crippen LogP contribution >= 0.6 is 0 Å². The zero-order valence-electron chi connectivity index (χ0n) is 17.4. The van der Waals surface area contributed by atoms with Crippen LogP contribution in [0.15, 0.2) is 46.2 Å². The van der Waals surface area contributed by atoms with Gasteiger partial charge in [-0.3, -0.25) is 4.79 Å². The highest BCUT2D eigenvalue weighted by Gasteiger charge is 2.30. The Bertz CT molecular complexity index is 1110. The minimum atomic E-state index is -3.76. The maximum Gasteiger partial charge on any atom is 0.240 e. The third-order valence-corrected chi connectivity index (χ3v) is 8.49. The summed E-state index contributed by atoms with van der Waals surface area (Å²) in [5, 5.41) is 0. The Balaban J connectivity index is 2.00. The van der Waals surface area contributed by atoms with E-state index in [1.54, 1.807) is 26.0 Å². The monoisotopic (exact) mass is 450 g/mol. The third-order valence-electron chi connectivity index (χ3n) is 5.32. The number of rotatable bonds is 8. The fourth-order valence-electron chi connectivity index (χ4n) is 3.20. The molecule has 0 amide bonds. The Morgan fingerprint density at radius 3 is 1.40 bits per heavy atom. The molecule has 7 nitrogen and oxygen atoms in total. The number of fused-ring (bicyclic) bond motifs is 3. The average Bonchev–Trinajstić information content (AvgIpc) is 2.98. The van der Waals surface area contributed by atoms with Crippen LogP contribution in [0.5, 0.6) is 0 Å². The van der Waals surface area contributed by atoms with E-state index in [1.165, 1.54) is 24.3 Å². The van der Waals surface area contributed by atoms with Crippen LogP contribution in [0, 0.1) is 0 Å². The molecule has 0 unspecified atom stereocenters. The van der Waals surface area contributed by atoms with Crippen molar-refractivity contribution in [1.29, 1.82) is 0 Å².